The summed E-state index contributed by atoms with van der Waals surface area (Å²) in [4.78, 5) is 2.45. The molecule has 1 aliphatic rings. The predicted molar refractivity (Wildman–Crippen MR) is 84.1 cm³/mol. The van der Waals surface area contributed by atoms with E-state index in [4.69, 9.17) is 22.1 Å². The van der Waals surface area contributed by atoms with Gasteiger partial charge in [0.25, 0.3) is 0 Å². The van der Waals surface area contributed by atoms with Gasteiger partial charge in [0.1, 0.15) is 0 Å². The maximum Gasteiger partial charge on any atom is 0.0599 e. The monoisotopic (exact) mass is 296 g/mol. The molecule has 0 amide bonds. The van der Waals surface area contributed by atoms with Gasteiger partial charge in [-0.1, -0.05) is 29.8 Å². The van der Waals surface area contributed by atoms with Gasteiger partial charge >= 0.3 is 0 Å². The van der Waals surface area contributed by atoms with E-state index in [-0.39, 0.29) is 12.1 Å². The summed E-state index contributed by atoms with van der Waals surface area (Å²) in [6.07, 6.45) is 2.54. The number of likely N-dealkylation sites (tertiary alicyclic amines) is 1. The standard InChI is InChI=1S/C16H25ClN2O/c1-3-20-13-8-10-19(11-9-13)16(12(2)18)14-6-4-5-7-15(14)17/h4-7,12-13,16H,3,8-11,18H2,1-2H3. The summed E-state index contributed by atoms with van der Waals surface area (Å²) in [6.45, 7) is 6.94. The van der Waals surface area contributed by atoms with Gasteiger partial charge in [-0.2, -0.15) is 0 Å². The lowest BCUT2D eigenvalue weighted by molar-refractivity contribution is 0.00120. The van der Waals surface area contributed by atoms with Crippen molar-refractivity contribution in [2.75, 3.05) is 19.7 Å². The second-order valence-electron chi connectivity index (χ2n) is 5.52. The van der Waals surface area contributed by atoms with E-state index in [1.807, 2.05) is 18.2 Å². The van der Waals surface area contributed by atoms with Crippen molar-refractivity contribution in [3.63, 3.8) is 0 Å². The number of ether oxygens (including phenoxy) is 1. The van der Waals surface area contributed by atoms with Crippen LogP contribution in [-0.4, -0.2) is 36.7 Å². The van der Waals surface area contributed by atoms with Crippen LogP contribution in [0.1, 0.15) is 38.3 Å². The van der Waals surface area contributed by atoms with E-state index in [9.17, 15) is 0 Å². The number of nitrogens with zero attached hydrogens (tertiary/aromatic N) is 1. The Morgan fingerprint density at radius 2 is 2.00 bits per heavy atom. The average molecular weight is 297 g/mol. The zero-order valence-corrected chi connectivity index (χ0v) is 13.1. The Morgan fingerprint density at radius 1 is 1.35 bits per heavy atom. The molecule has 2 unspecified atom stereocenters. The molecule has 1 saturated heterocycles. The van der Waals surface area contributed by atoms with Crippen molar-refractivity contribution in [1.29, 1.82) is 0 Å². The molecule has 0 saturated carbocycles. The zero-order valence-electron chi connectivity index (χ0n) is 12.4. The summed E-state index contributed by atoms with van der Waals surface area (Å²) in [5.41, 5.74) is 7.37. The molecule has 20 heavy (non-hydrogen) atoms. The third kappa shape index (κ3) is 3.73. The summed E-state index contributed by atoms with van der Waals surface area (Å²) in [7, 11) is 0. The van der Waals surface area contributed by atoms with Crippen molar-refractivity contribution in [3.05, 3.63) is 34.9 Å². The number of halogens is 1. The first kappa shape index (κ1) is 15.8. The normalized spacial score (nSPS) is 20.8. The summed E-state index contributed by atoms with van der Waals surface area (Å²) in [5.74, 6) is 0. The first-order chi connectivity index (χ1) is 9.63. The Hall–Kier alpha value is -0.610. The highest BCUT2D eigenvalue weighted by Gasteiger charge is 2.29. The van der Waals surface area contributed by atoms with Crippen LogP contribution in [0.15, 0.2) is 24.3 Å². The first-order valence-corrected chi connectivity index (χ1v) is 7.87. The van der Waals surface area contributed by atoms with Crippen molar-refractivity contribution in [3.8, 4) is 0 Å². The molecule has 1 aromatic rings. The van der Waals surface area contributed by atoms with Gasteiger partial charge < -0.3 is 10.5 Å². The highest BCUT2D eigenvalue weighted by molar-refractivity contribution is 6.31. The number of nitrogens with two attached hydrogens (primary N) is 1. The Morgan fingerprint density at radius 3 is 2.55 bits per heavy atom. The lowest BCUT2D eigenvalue weighted by atomic mass is 9.96. The highest BCUT2D eigenvalue weighted by atomic mass is 35.5. The van der Waals surface area contributed by atoms with Crippen LogP contribution < -0.4 is 5.73 Å². The molecule has 1 aliphatic heterocycles. The Balaban J connectivity index is 2.09. The van der Waals surface area contributed by atoms with Gasteiger partial charge in [-0.3, -0.25) is 4.90 Å². The summed E-state index contributed by atoms with van der Waals surface area (Å²) in [5, 5.41) is 0.807. The summed E-state index contributed by atoms with van der Waals surface area (Å²) >= 11 is 6.35. The van der Waals surface area contributed by atoms with Crippen LogP contribution in [0.2, 0.25) is 5.02 Å². The fourth-order valence-corrected chi connectivity index (χ4v) is 3.33. The SMILES string of the molecule is CCOC1CCN(C(c2ccccc2Cl)C(C)N)CC1. The van der Waals surface area contributed by atoms with Crippen LogP contribution >= 0.6 is 11.6 Å². The molecule has 0 aliphatic carbocycles. The lowest BCUT2D eigenvalue weighted by Gasteiger charge is -2.39. The molecule has 1 heterocycles. The van der Waals surface area contributed by atoms with Crippen LogP contribution in [-0.2, 0) is 4.74 Å². The molecular weight excluding hydrogens is 272 g/mol. The van der Waals surface area contributed by atoms with Crippen LogP contribution in [0.5, 0.6) is 0 Å². The molecule has 3 nitrogen and oxygen atoms in total. The van der Waals surface area contributed by atoms with Crippen molar-refractivity contribution in [2.24, 2.45) is 5.73 Å². The Bertz CT molecular complexity index is 417. The van der Waals surface area contributed by atoms with Gasteiger partial charge in [0.15, 0.2) is 0 Å². The average Bonchev–Trinajstić information content (AvgIpc) is 2.43. The zero-order chi connectivity index (χ0) is 14.5. The summed E-state index contributed by atoms with van der Waals surface area (Å²) in [6, 6.07) is 8.27. The van der Waals surface area contributed by atoms with E-state index in [0.29, 0.717) is 6.10 Å². The number of rotatable bonds is 5. The van der Waals surface area contributed by atoms with Crippen molar-refractivity contribution in [2.45, 2.75) is 44.9 Å². The lowest BCUT2D eigenvalue weighted by Crippen LogP contribution is -2.45. The van der Waals surface area contributed by atoms with E-state index in [0.717, 1.165) is 43.1 Å². The molecule has 0 bridgehead atoms. The van der Waals surface area contributed by atoms with Crippen molar-refractivity contribution in [1.82, 2.24) is 4.90 Å². The Kier molecular flexibility index (Phi) is 5.85. The minimum Gasteiger partial charge on any atom is -0.378 e. The van der Waals surface area contributed by atoms with E-state index in [1.54, 1.807) is 0 Å². The fraction of sp³-hybridized carbons (Fsp3) is 0.625. The van der Waals surface area contributed by atoms with Crippen LogP contribution in [0.25, 0.3) is 0 Å². The number of benzene rings is 1. The second-order valence-corrected chi connectivity index (χ2v) is 5.92. The largest absolute Gasteiger partial charge is 0.378 e. The van der Waals surface area contributed by atoms with Gasteiger partial charge in [-0.25, -0.2) is 0 Å². The quantitative estimate of drug-likeness (QED) is 0.906. The van der Waals surface area contributed by atoms with E-state index >= 15 is 0 Å². The molecule has 2 atom stereocenters. The van der Waals surface area contributed by atoms with E-state index in [2.05, 4.69) is 24.8 Å². The number of hydrogen-bond acceptors (Lipinski definition) is 3. The van der Waals surface area contributed by atoms with Crippen LogP contribution in [0.4, 0.5) is 0 Å². The van der Waals surface area contributed by atoms with Crippen molar-refractivity contribution >= 4 is 11.6 Å². The predicted octanol–water partition coefficient (Wildman–Crippen LogP) is 3.23. The molecule has 1 aromatic carbocycles. The molecule has 0 radical (unpaired) electrons. The smallest absolute Gasteiger partial charge is 0.0599 e. The first-order valence-electron chi connectivity index (χ1n) is 7.49. The third-order valence-electron chi connectivity index (χ3n) is 3.99. The molecule has 112 valence electrons. The van der Waals surface area contributed by atoms with Gasteiger partial charge in [0.05, 0.1) is 12.1 Å². The van der Waals surface area contributed by atoms with E-state index < -0.39 is 0 Å². The molecule has 0 spiro atoms. The fourth-order valence-electron chi connectivity index (χ4n) is 3.08. The topological polar surface area (TPSA) is 38.5 Å². The van der Waals surface area contributed by atoms with Gasteiger partial charge in [0, 0.05) is 30.8 Å². The maximum atomic E-state index is 6.35. The number of piperidine rings is 1. The van der Waals surface area contributed by atoms with Gasteiger partial charge in [0.2, 0.25) is 0 Å². The second kappa shape index (κ2) is 7.41. The maximum absolute atomic E-state index is 6.35. The molecular formula is C16H25ClN2O. The summed E-state index contributed by atoms with van der Waals surface area (Å²) < 4.78 is 5.72. The third-order valence-corrected chi connectivity index (χ3v) is 4.34. The van der Waals surface area contributed by atoms with Crippen LogP contribution in [0, 0.1) is 0 Å². The molecule has 2 rings (SSSR count). The van der Waals surface area contributed by atoms with E-state index in [1.165, 1.54) is 0 Å². The van der Waals surface area contributed by atoms with Crippen molar-refractivity contribution < 1.29 is 4.74 Å². The molecule has 1 fully saturated rings. The highest BCUT2D eigenvalue weighted by Crippen LogP contribution is 2.31. The molecule has 2 N–H and O–H groups in total. The minimum absolute atomic E-state index is 0.0542. The van der Waals surface area contributed by atoms with Gasteiger partial charge in [-0.15, -0.1) is 0 Å². The molecule has 4 heteroatoms. The minimum atomic E-state index is 0.0542. The molecule has 0 aromatic heterocycles. The van der Waals surface area contributed by atoms with Crippen LogP contribution in [0.3, 0.4) is 0 Å². The Labute approximate surface area is 127 Å². The van der Waals surface area contributed by atoms with Gasteiger partial charge in [-0.05, 0) is 38.3 Å². The number of hydrogen-bond donors (Lipinski definition) is 1.